The van der Waals surface area contributed by atoms with Gasteiger partial charge in [0.05, 0.1) is 5.60 Å². The molecule has 4 rings (SSSR count). The van der Waals surface area contributed by atoms with Crippen molar-refractivity contribution in [1.82, 2.24) is 24.7 Å². The quantitative estimate of drug-likeness (QED) is 0.904. The molecule has 7 nitrogen and oxygen atoms in total. The van der Waals surface area contributed by atoms with Gasteiger partial charge in [-0.3, -0.25) is 0 Å². The normalized spacial score (nSPS) is 27.1. The largest absolute Gasteiger partial charge is 0.389 e. The van der Waals surface area contributed by atoms with Crippen LogP contribution in [0.3, 0.4) is 0 Å². The average Bonchev–Trinajstić information content (AvgIpc) is 3.00. The summed E-state index contributed by atoms with van der Waals surface area (Å²) in [5.74, 6) is 1.80. The number of rotatable bonds is 2. The summed E-state index contributed by atoms with van der Waals surface area (Å²) in [4.78, 5) is 15.8. The molecule has 0 spiro atoms. The second-order valence-corrected chi connectivity index (χ2v) is 7.15. The zero-order chi connectivity index (χ0) is 16.7. The number of nitrogens with zero attached hydrogens (tertiary/aromatic N) is 6. The molecule has 0 aromatic carbocycles. The van der Waals surface area contributed by atoms with Gasteiger partial charge in [-0.1, -0.05) is 12.8 Å². The van der Waals surface area contributed by atoms with Crippen LogP contribution in [0.5, 0.6) is 0 Å². The lowest BCUT2D eigenvalue weighted by Crippen LogP contribution is -2.53. The van der Waals surface area contributed by atoms with Crippen molar-refractivity contribution in [1.29, 1.82) is 0 Å². The third-order valence-corrected chi connectivity index (χ3v) is 5.59. The molecule has 1 saturated carbocycles. The molecule has 0 amide bonds. The van der Waals surface area contributed by atoms with Gasteiger partial charge in [0.2, 0.25) is 5.95 Å². The van der Waals surface area contributed by atoms with Gasteiger partial charge < -0.3 is 10.0 Å². The molecule has 0 bridgehead atoms. The third kappa shape index (κ3) is 2.56. The number of hydrogen-bond acceptors (Lipinski definition) is 6. The molecule has 1 aliphatic carbocycles. The smallest absolute Gasteiger partial charge is 0.225 e. The van der Waals surface area contributed by atoms with Crippen LogP contribution in [0, 0.1) is 12.8 Å². The van der Waals surface area contributed by atoms with Crippen LogP contribution in [-0.2, 0) is 7.05 Å². The fourth-order valence-electron chi connectivity index (χ4n) is 4.07. The number of anilines is 1. The Kier molecular flexibility index (Phi) is 3.75. The van der Waals surface area contributed by atoms with Crippen molar-refractivity contribution in [3.8, 4) is 11.5 Å². The number of piperidine rings is 1. The summed E-state index contributed by atoms with van der Waals surface area (Å²) in [6, 6.07) is 0. The lowest BCUT2D eigenvalue weighted by atomic mass is 9.71. The molecule has 24 heavy (non-hydrogen) atoms. The summed E-state index contributed by atoms with van der Waals surface area (Å²) in [6.07, 6.45) is 8.57. The third-order valence-electron chi connectivity index (χ3n) is 5.59. The van der Waals surface area contributed by atoms with Gasteiger partial charge in [-0.2, -0.15) is 5.10 Å². The highest BCUT2D eigenvalue weighted by Gasteiger charge is 2.43. The number of aromatic nitrogens is 5. The molecule has 1 aliphatic heterocycles. The molecule has 2 aliphatic rings. The Labute approximate surface area is 141 Å². The van der Waals surface area contributed by atoms with E-state index in [0.29, 0.717) is 5.92 Å². The highest BCUT2D eigenvalue weighted by atomic mass is 16.3. The molecule has 2 fully saturated rings. The standard InChI is InChI=1S/C17H24N6O/c1-12-9-18-16(21-14(12)15-19-11-20-22(15)2)23-8-7-17(24)6-4-3-5-13(17)10-23/h9,11,13,24H,3-8,10H2,1-2H3/t13-,17-/m0/s1. The number of aryl methyl sites for hydroxylation is 2. The van der Waals surface area contributed by atoms with Gasteiger partial charge in [0.1, 0.15) is 12.0 Å². The van der Waals surface area contributed by atoms with Gasteiger partial charge in [-0.05, 0) is 31.7 Å². The van der Waals surface area contributed by atoms with Crippen molar-refractivity contribution < 1.29 is 5.11 Å². The van der Waals surface area contributed by atoms with Gasteiger partial charge in [0.25, 0.3) is 0 Å². The summed E-state index contributed by atoms with van der Waals surface area (Å²) in [7, 11) is 1.87. The molecule has 2 aromatic rings. The van der Waals surface area contributed by atoms with Crippen LogP contribution in [0.1, 0.15) is 37.7 Å². The van der Waals surface area contributed by atoms with Crippen LogP contribution >= 0.6 is 0 Å². The first-order valence-corrected chi connectivity index (χ1v) is 8.72. The molecule has 1 N–H and O–H groups in total. The Morgan fingerprint density at radius 3 is 2.92 bits per heavy atom. The Hall–Kier alpha value is -2.02. The van der Waals surface area contributed by atoms with Crippen molar-refractivity contribution in [2.45, 2.75) is 44.6 Å². The molecule has 2 atom stereocenters. The van der Waals surface area contributed by atoms with Crippen LogP contribution in [-0.4, -0.2) is 48.5 Å². The van der Waals surface area contributed by atoms with Crippen LogP contribution in [0.2, 0.25) is 0 Å². The number of fused-ring (bicyclic) bond motifs is 1. The molecular weight excluding hydrogens is 304 g/mol. The maximum absolute atomic E-state index is 10.9. The second-order valence-electron chi connectivity index (χ2n) is 7.15. The van der Waals surface area contributed by atoms with Crippen molar-refractivity contribution in [2.24, 2.45) is 13.0 Å². The molecule has 0 unspecified atom stereocenters. The lowest BCUT2D eigenvalue weighted by Gasteiger charge is -2.47. The van der Waals surface area contributed by atoms with Crippen molar-refractivity contribution in [2.75, 3.05) is 18.0 Å². The van der Waals surface area contributed by atoms with E-state index >= 15 is 0 Å². The summed E-state index contributed by atoms with van der Waals surface area (Å²) >= 11 is 0. The van der Waals surface area contributed by atoms with Crippen molar-refractivity contribution in [3.63, 3.8) is 0 Å². The molecule has 7 heteroatoms. The van der Waals surface area contributed by atoms with Gasteiger partial charge in [-0.15, -0.1) is 0 Å². The van der Waals surface area contributed by atoms with Gasteiger partial charge >= 0.3 is 0 Å². The summed E-state index contributed by atoms with van der Waals surface area (Å²) < 4.78 is 1.73. The summed E-state index contributed by atoms with van der Waals surface area (Å²) in [6.45, 7) is 3.62. The molecule has 1 saturated heterocycles. The topological polar surface area (TPSA) is 80.0 Å². The first-order chi connectivity index (χ1) is 11.6. The van der Waals surface area contributed by atoms with Crippen LogP contribution < -0.4 is 4.90 Å². The molecule has 0 radical (unpaired) electrons. The Balaban J connectivity index is 1.62. The lowest BCUT2D eigenvalue weighted by molar-refractivity contribution is -0.0614. The van der Waals surface area contributed by atoms with Crippen LogP contribution in [0.4, 0.5) is 5.95 Å². The Morgan fingerprint density at radius 1 is 1.25 bits per heavy atom. The number of aliphatic hydroxyl groups is 1. The van der Waals surface area contributed by atoms with E-state index in [1.165, 1.54) is 6.42 Å². The first kappa shape index (κ1) is 15.5. The summed E-state index contributed by atoms with van der Waals surface area (Å²) in [5.41, 5.74) is 1.33. The van der Waals surface area contributed by atoms with E-state index in [9.17, 15) is 5.11 Å². The zero-order valence-electron chi connectivity index (χ0n) is 14.3. The monoisotopic (exact) mass is 328 g/mol. The van der Waals surface area contributed by atoms with Crippen molar-refractivity contribution in [3.05, 3.63) is 18.1 Å². The van der Waals surface area contributed by atoms with Gasteiger partial charge in [-0.25, -0.2) is 19.6 Å². The van der Waals surface area contributed by atoms with E-state index in [0.717, 1.165) is 61.8 Å². The molecule has 128 valence electrons. The van der Waals surface area contributed by atoms with E-state index in [1.807, 2.05) is 20.2 Å². The molecular formula is C17H24N6O. The Morgan fingerprint density at radius 2 is 2.12 bits per heavy atom. The van der Waals surface area contributed by atoms with E-state index in [2.05, 4.69) is 20.0 Å². The first-order valence-electron chi connectivity index (χ1n) is 8.72. The minimum absolute atomic E-state index is 0.322. The SMILES string of the molecule is Cc1cnc(N2CC[C@@]3(O)CCCC[C@H]3C2)nc1-c1ncnn1C. The number of hydrogen-bond donors (Lipinski definition) is 1. The summed E-state index contributed by atoms with van der Waals surface area (Å²) in [5, 5.41) is 15.0. The highest BCUT2D eigenvalue weighted by molar-refractivity contribution is 5.56. The maximum atomic E-state index is 10.9. The van der Waals surface area contributed by atoms with Gasteiger partial charge in [0, 0.05) is 32.3 Å². The molecule has 2 aromatic heterocycles. The van der Waals surface area contributed by atoms with E-state index in [4.69, 9.17) is 4.98 Å². The minimum Gasteiger partial charge on any atom is -0.389 e. The Bertz CT molecular complexity index is 744. The predicted octanol–water partition coefficient (Wildman–Crippen LogP) is 1.71. The minimum atomic E-state index is -0.480. The average molecular weight is 328 g/mol. The van der Waals surface area contributed by atoms with Gasteiger partial charge in [0.15, 0.2) is 5.82 Å². The van der Waals surface area contributed by atoms with Crippen LogP contribution in [0.25, 0.3) is 11.5 Å². The van der Waals surface area contributed by atoms with E-state index < -0.39 is 5.60 Å². The predicted molar refractivity (Wildman–Crippen MR) is 90.5 cm³/mol. The van der Waals surface area contributed by atoms with Crippen LogP contribution in [0.15, 0.2) is 12.5 Å². The van der Waals surface area contributed by atoms with E-state index in [1.54, 1.807) is 11.0 Å². The highest BCUT2D eigenvalue weighted by Crippen LogP contribution is 2.40. The second kappa shape index (κ2) is 5.81. The zero-order valence-corrected chi connectivity index (χ0v) is 14.3. The maximum Gasteiger partial charge on any atom is 0.225 e. The fourth-order valence-corrected chi connectivity index (χ4v) is 4.07. The van der Waals surface area contributed by atoms with Crippen molar-refractivity contribution >= 4 is 5.95 Å². The fraction of sp³-hybridized carbons (Fsp3) is 0.647. The molecule has 3 heterocycles. The van der Waals surface area contributed by atoms with E-state index in [-0.39, 0.29) is 0 Å².